The predicted octanol–water partition coefficient (Wildman–Crippen LogP) is 2.44. The van der Waals surface area contributed by atoms with Crippen molar-refractivity contribution < 1.29 is 31.9 Å². The molecule has 11 nitrogen and oxygen atoms in total. The zero-order valence-electron chi connectivity index (χ0n) is 18.5. The van der Waals surface area contributed by atoms with Crippen LogP contribution in [-0.2, 0) is 27.8 Å². The summed E-state index contributed by atoms with van der Waals surface area (Å²) in [6.07, 6.45) is 0.581. The Labute approximate surface area is 195 Å². The van der Waals surface area contributed by atoms with Gasteiger partial charge in [0.05, 0.1) is 22.8 Å². The van der Waals surface area contributed by atoms with E-state index in [9.17, 15) is 13.2 Å². The number of hydrogen-bond donors (Lipinski definition) is 1. The molecule has 34 heavy (non-hydrogen) atoms. The first kappa shape index (κ1) is 22.0. The average molecular weight is 487 g/mol. The molecule has 1 amide bonds. The lowest BCUT2D eigenvalue weighted by Gasteiger charge is -2.29. The maximum atomic E-state index is 13.2. The molecule has 2 aliphatic heterocycles. The number of aromatic nitrogens is 2. The Bertz CT molecular complexity index is 1370. The van der Waals surface area contributed by atoms with Crippen LogP contribution in [-0.4, -0.2) is 44.3 Å². The highest BCUT2D eigenvalue weighted by Crippen LogP contribution is 2.38. The molecule has 0 unspecified atom stereocenters. The molecule has 0 saturated carbocycles. The van der Waals surface area contributed by atoms with Gasteiger partial charge in [-0.1, -0.05) is 12.1 Å². The van der Waals surface area contributed by atoms with Crippen LogP contribution < -0.4 is 23.8 Å². The Kier molecular flexibility index (Phi) is 5.52. The number of carbonyl (C=O) groups excluding carboxylic acids is 1. The van der Waals surface area contributed by atoms with Crippen LogP contribution in [0.1, 0.15) is 24.2 Å². The highest BCUT2D eigenvalue weighted by Gasteiger charge is 2.30. The summed E-state index contributed by atoms with van der Waals surface area (Å²) in [5.74, 6) is 1.84. The molecule has 0 atom stereocenters. The molecule has 3 aromatic rings. The van der Waals surface area contributed by atoms with Crippen molar-refractivity contribution in [3.63, 3.8) is 0 Å². The summed E-state index contributed by atoms with van der Waals surface area (Å²) in [6, 6.07) is 7.85. The highest BCUT2D eigenvalue weighted by atomic mass is 32.2. The van der Waals surface area contributed by atoms with Crippen molar-refractivity contribution in [2.75, 3.05) is 29.4 Å². The van der Waals surface area contributed by atoms with E-state index in [1.54, 1.807) is 31.2 Å². The van der Waals surface area contributed by atoms with Gasteiger partial charge in [-0.2, -0.15) is 4.98 Å². The molecular formula is C22H22N4O7S. The number of nitrogens with zero attached hydrogens (tertiary/aromatic N) is 3. The van der Waals surface area contributed by atoms with E-state index in [-0.39, 0.29) is 29.7 Å². The highest BCUT2D eigenvalue weighted by molar-refractivity contribution is 7.92. The molecule has 0 spiro atoms. The summed E-state index contributed by atoms with van der Waals surface area (Å²) in [4.78, 5) is 18.3. The van der Waals surface area contributed by atoms with Crippen molar-refractivity contribution in [1.82, 2.24) is 10.1 Å². The van der Waals surface area contributed by atoms with Crippen LogP contribution in [0.2, 0.25) is 0 Å². The summed E-state index contributed by atoms with van der Waals surface area (Å²) in [6.45, 7) is 4.22. The van der Waals surface area contributed by atoms with Crippen molar-refractivity contribution in [3.8, 4) is 17.2 Å². The third-order valence-corrected chi connectivity index (χ3v) is 6.92. The second kappa shape index (κ2) is 8.52. The van der Waals surface area contributed by atoms with Crippen LogP contribution in [0, 0.1) is 6.92 Å². The van der Waals surface area contributed by atoms with Gasteiger partial charge in [-0.3, -0.25) is 14.4 Å². The molecule has 178 valence electrons. The maximum absolute atomic E-state index is 13.2. The standard InChI is InChI=1S/C22H22N4O7S/c1-3-21-23-20(24-33-21)11-26-15-8-13(2)19(10-17(15)32-12-22(26)27)34(28,29)25-14-4-5-16-18(9-14)31-7-6-30-16/h4-5,8-10,25H,3,6-7,11-12H2,1-2H3. The Balaban J connectivity index is 1.44. The molecule has 0 aliphatic carbocycles. The Morgan fingerprint density at radius 2 is 1.85 bits per heavy atom. The molecule has 2 aromatic carbocycles. The first-order valence-electron chi connectivity index (χ1n) is 10.7. The lowest BCUT2D eigenvalue weighted by molar-refractivity contribution is -0.121. The zero-order valence-corrected chi connectivity index (χ0v) is 19.3. The van der Waals surface area contributed by atoms with Crippen LogP contribution >= 0.6 is 0 Å². The van der Waals surface area contributed by atoms with Crippen LogP contribution in [0.25, 0.3) is 0 Å². The van der Waals surface area contributed by atoms with E-state index < -0.39 is 10.0 Å². The molecule has 0 radical (unpaired) electrons. The summed E-state index contributed by atoms with van der Waals surface area (Å²) in [5.41, 5.74) is 1.22. The minimum Gasteiger partial charge on any atom is -0.486 e. The Morgan fingerprint density at radius 3 is 2.62 bits per heavy atom. The van der Waals surface area contributed by atoms with Gasteiger partial charge < -0.3 is 18.7 Å². The SMILES string of the molecule is CCc1nc(CN2C(=O)COc3cc(S(=O)(=O)Nc4ccc5c(c4)OCCO5)c(C)cc32)no1. The van der Waals surface area contributed by atoms with Gasteiger partial charge in [0.25, 0.3) is 15.9 Å². The first-order chi connectivity index (χ1) is 16.3. The molecule has 12 heteroatoms. The number of sulfonamides is 1. The van der Waals surface area contributed by atoms with E-state index in [2.05, 4.69) is 14.9 Å². The summed E-state index contributed by atoms with van der Waals surface area (Å²) >= 11 is 0. The smallest absolute Gasteiger partial charge is 0.265 e. The van der Waals surface area contributed by atoms with Crippen molar-refractivity contribution in [2.45, 2.75) is 31.7 Å². The number of aryl methyl sites for hydroxylation is 2. The van der Waals surface area contributed by atoms with Gasteiger partial charge in [0.15, 0.2) is 23.9 Å². The van der Waals surface area contributed by atoms with E-state index in [0.29, 0.717) is 59.8 Å². The molecule has 5 rings (SSSR count). The molecule has 2 aliphatic rings. The van der Waals surface area contributed by atoms with Crippen LogP contribution in [0.3, 0.4) is 0 Å². The monoisotopic (exact) mass is 486 g/mol. The Hall–Kier alpha value is -3.80. The first-order valence-corrected chi connectivity index (χ1v) is 12.1. The third kappa shape index (κ3) is 4.12. The number of anilines is 2. The van der Waals surface area contributed by atoms with E-state index >= 15 is 0 Å². The number of rotatable bonds is 6. The van der Waals surface area contributed by atoms with Gasteiger partial charge in [-0.15, -0.1) is 0 Å². The predicted molar refractivity (Wildman–Crippen MR) is 120 cm³/mol. The largest absolute Gasteiger partial charge is 0.486 e. The number of ether oxygens (including phenoxy) is 3. The minimum atomic E-state index is -3.96. The van der Waals surface area contributed by atoms with Crippen LogP contribution in [0.4, 0.5) is 11.4 Å². The molecule has 1 N–H and O–H groups in total. The number of hydrogen-bond acceptors (Lipinski definition) is 9. The molecule has 0 bridgehead atoms. The average Bonchev–Trinajstić information content (AvgIpc) is 3.28. The van der Waals surface area contributed by atoms with Gasteiger partial charge in [0.1, 0.15) is 19.0 Å². The van der Waals surface area contributed by atoms with Gasteiger partial charge >= 0.3 is 0 Å². The number of benzene rings is 2. The topological polar surface area (TPSA) is 133 Å². The third-order valence-electron chi connectivity index (χ3n) is 5.40. The van der Waals surface area contributed by atoms with E-state index in [4.69, 9.17) is 18.7 Å². The van der Waals surface area contributed by atoms with E-state index in [1.165, 1.54) is 11.0 Å². The number of fused-ring (bicyclic) bond motifs is 2. The molecule has 0 saturated heterocycles. The molecule has 3 heterocycles. The number of amides is 1. The lowest BCUT2D eigenvalue weighted by atomic mass is 10.1. The summed E-state index contributed by atoms with van der Waals surface area (Å²) in [7, 11) is -3.96. The van der Waals surface area contributed by atoms with Gasteiger partial charge in [-0.05, 0) is 30.7 Å². The van der Waals surface area contributed by atoms with E-state index in [1.807, 2.05) is 6.92 Å². The Morgan fingerprint density at radius 1 is 1.06 bits per heavy atom. The quantitative estimate of drug-likeness (QED) is 0.558. The normalized spacial score (nSPS) is 15.0. The zero-order chi connectivity index (χ0) is 23.9. The maximum Gasteiger partial charge on any atom is 0.265 e. The fourth-order valence-corrected chi connectivity index (χ4v) is 5.04. The minimum absolute atomic E-state index is 0.0308. The van der Waals surface area contributed by atoms with Crippen LogP contribution in [0.15, 0.2) is 39.8 Å². The fourth-order valence-electron chi connectivity index (χ4n) is 3.75. The van der Waals surface area contributed by atoms with Crippen molar-refractivity contribution in [3.05, 3.63) is 47.6 Å². The van der Waals surface area contributed by atoms with Gasteiger partial charge in [-0.25, -0.2) is 8.42 Å². The second-order valence-electron chi connectivity index (χ2n) is 7.78. The van der Waals surface area contributed by atoms with Gasteiger partial charge in [0.2, 0.25) is 5.89 Å². The number of carbonyl (C=O) groups is 1. The second-order valence-corrected chi connectivity index (χ2v) is 9.43. The molecule has 0 fully saturated rings. The molecule has 1 aromatic heterocycles. The van der Waals surface area contributed by atoms with Crippen LogP contribution in [0.5, 0.6) is 17.2 Å². The van der Waals surface area contributed by atoms with E-state index in [0.717, 1.165) is 0 Å². The molecular weight excluding hydrogens is 464 g/mol. The summed E-state index contributed by atoms with van der Waals surface area (Å²) < 4.78 is 50.7. The van der Waals surface area contributed by atoms with Crippen molar-refractivity contribution in [2.24, 2.45) is 0 Å². The lowest BCUT2D eigenvalue weighted by Crippen LogP contribution is -2.38. The number of nitrogens with one attached hydrogen (secondary N) is 1. The fraction of sp³-hybridized carbons (Fsp3) is 0.318. The van der Waals surface area contributed by atoms with Gasteiger partial charge in [0, 0.05) is 18.6 Å². The van der Waals surface area contributed by atoms with Crippen molar-refractivity contribution >= 4 is 27.3 Å². The summed E-state index contributed by atoms with van der Waals surface area (Å²) in [5, 5.41) is 3.90. The van der Waals surface area contributed by atoms with Crippen molar-refractivity contribution in [1.29, 1.82) is 0 Å².